The maximum Gasteiger partial charge on any atom is 0.0632 e. The number of aliphatic hydroxyl groups is 1. The molecule has 2 aliphatic rings. The molecule has 0 amide bonds. The summed E-state index contributed by atoms with van der Waals surface area (Å²) in [6, 6.07) is 0. The van der Waals surface area contributed by atoms with E-state index in [0.29, 0.717) is 0 Å². The van der Waals surface area contributed by atoms with Crippen LogP contribution >= 0.6 is 0 Å². The standard InChI is InChI=1S/C14H28N2O2/c1-13(17)4-3-7-16(8-5-13)11-14(10-15-2)6-9-18-12-14/h15,17H,3-12H2,1-2H3. The summed E-state index contributed by atoms with van der Waals surface area (Å²) >= 11 is 0. The molecule has 0 aromatic carbocycles. The third-order valence-electron chi connectivity index (χ3n) is 4.45. The maximum absolute atomic E-state index is 10.1. The fourth-order valence-electron chi connectivity index (χ4n) is 3.30. The maximum atomic E-state index is 10.1. The molecule has 18 heavy (non-hydrogen) atoms. The van der Waals surface area contributed by atoms with Crippen molar-refractivity contribution in [3.8, 4) is 0 Å². The first-order valence-electron chi connectivity index (χ1n) is 7.22. The SMILES string of the molecule is CNCC1(CN2CCCC(C)(O)CC2)CCOC1. The summed E-state index contributed by atoms with van der Waals surface area (Å²) in [4.78, 5) is 2.52. The fraction of sp³-hybridized carbons (Fsp3) is 1.00. The van der Waals surface area contributed by atoms with Crippen LogP contribution in [0.2, 0.25) is 0 Å². The Morgan fingerprint density at radius 3 is 2.78 bits per heavy atom. The summed E-state index contributed by atoms with van der Waals surface area (Å²) in [5, 5.41) is 13.5. The normalized spacial score (nSPS) is 38.8. The molecule has 2 unspecified atom stereocenters. The van der Waals surface area contributed by atoms with Gasteiger partial charge in [0.2, 0.25) is 0 Å². The first-order chi connectivity index (χ1) is 8.55. The Morgan fingerprint density at radius 2 is 2.11 bits per heavy atom. The van der Waals surface area contributed by atoms with E-state index in [1.807, 2.05) is 14.0 Å². The van der Waals surface area contributed by atoms with Crippen LogP contribution in [0, 0.1) is 5.41 Å². The van der Waals surface area contributed by atoms with Crippen molar-refractivity contribution in [3.05, 3.63) is 0 Å². The molecule has 4 nitrogen and oxygen atoms in total. The molecule has 2 atom stereocenters. The van der Waals surface area contributed by atoms with E-state index < -0.39 is 5.60 Å². The second-order valence-corrected chi connectivity index (χ2v) is 6.46. The van der Waals surface area contributed by atoms with E-state index in [1.54, 1.807) is 0 Å². The van der Waals surface area contributed by atoms with Gasteiger partial charge in [-0.1, -0.05) is 0 Å². The Hall–Kier alpha value is -0.160. The van der Waals surface area contributed by atoms with Crippen LogP contribution in [0.3, 0.4) is 0 Å². The van der Waals surface area contributed by atoms with Crippen molar-refractivity contribution in [2.24, 2.45) is 5.41 Å². The van der Waals surface area contributed by atoms with Crippen molar-refractivity contribution in [1.29, 1.82) is 0 Å². The van der Waals surface area contributed by atoms with Gasteiger partial charge in [0.05, 0.1) is 12.2 Å². The lowest BCUT2D eigenvalue weighted by atomic mass is 9.86. The predicted molar refractivity (Wildman–Crippen MR) is 72.7 cm³/mol. The quantitative estimate of drug-likeness (QED) is 0.783. The number of ether oxygens (including phenoxy) is 1. The minimum atomic E-state index is -0.461. The summed E-state index contributed by atoms with van der Waals surface area (Å²) in [6.07, 6.45) is 4.08. The molecule has 2 fully saturated rings. The summed E-state index contributed by atoms with van der Waals surface area (Å²) in [7, 11) is 2.02. The zero-order chi connectivity index (χ0) is 13.1. The highest BCUT2D eigenvalue weighted by Crippen LogP contribution is 2.31. The van der Waals surface area contributed by atoms with E-state index in [1.165, 1.54) is 0 Å². The summed E-state index contributed by atoms with van der Waals surface area (Å²) in [6.45, 7) is 8.00. The van der Waals surface area contributed by atoms with E-state index in [4.69, 9.17) is 4.74 Å². The molecule has 2 heterocycles. The molecule has 0 aliphatic carbocycles. The Balaban J connectivity index is 1.91. The van der Waals surface area contributed by atoms with Crippen LogP contribution in [0.4, 0.5) is 0 Å². The molecule has 106 valence electrons. The van der Waals surface area contributed by atoms with Crippen LogP contribution in [0.25, 0.3) is 0 Å². The average molecular weight is 256 g/mol. The summed E-state index contributed by atoms with van der Waals surface area (Å²) in [5.74, 6) is 0. The van der Waals surface area contributed by atoms with Crippen LogP contribution < -0.4 is 5.32 Å². The Kier molecular flexibility index (Phi) is 4.64. The smallest absolute Gasteiger partial charge is 0.0632 e. The molecule has 0 spiro atoms. The minimum absolute atomic E-state index is 0.283. The Bertz CT molecular complexity index is 263. The molecular formula is C14H28N2O2. The van der Waals surface area contributed by atoms with Gasteiger partial charge < -0.3 is 20.1 Å². The number of nitrogens with zero attached hydrogens (tertiary/aromatic N) is 1. The van der Waals surface area contributed by atoms with Crippen LogP contribution in [0.1, 0.15) is 32.6 Å². The van der Waals surface area contributed by atoms with Gasteiger partial charge in [-0.05, 0) is 46.2 Å². The minimum Gasteiger partial charge on any atom is -0.390 e. The van der Waals surface area contributed by atoms with E-state index in [2.05, 4.69) is 10.2 Å². The third kappa shape index (κ3) is 3.67. The number of likely N-dealkylation sites (tertiary alicyclic amines) is 1. The van der Waals surface area contributed by atoms with E-state index >= 15 is 0 Å². The number of hydrogen-bond acceptors (Lipinski definition) is 4. The zero-order valence-electron chi connectivity index (χ0n) is 11.9. The molecule has 0 aromatic heterocycles. The Labute approximate surface area is 111 Å². The molecule has 0 saturated carbocycles. The molecule has 0 radical (unpaired) electrons. The molecule has 2 rings (SSSR count). The monoisotopic (exact) mass is 256 g/mol. The molecular weight excluding hydrogens is 228 g/mol. The van der Waals surface area contributed by atoms with Gasteiger partial charge in [-0.15, -0.1) is 0 Å². The van der Waals surface area contributed by atoms with Gasteiger partial charge in [-0.25, -0.2) is 0 Å². The van der Waals surface area contributed by atoms with Crippen molar-refractivity contribution in [1.82, 2.24) is 10.2 Å². The first kappa shape index (κ1) is 14.3. The second kappa shape index (κ2) is 5.87. The summed E-state index contributed by atoms with van der Waals surface area (Å²) < 4.78 is 5.61. The van der Waals surface area contributed by atoms with E-state index in [0.717, 1.165) is 65.1 Å². The summed E-state index contributed by atoms with van der Waals surface area (Å²) in [5.41, 5.74) is -0.179. The molecule has 0 bridgehead atoms. The van der Waals surface area contributed by atoms with Gasteiger partial charge in [0.15, 0.2) is 0 Å². The van der Waals surface area contributed by atoms with Crippen molar-refractivity contribution >= 4 is 0 Å². The lowest BCUT2D eigenvalue weighted by Crippen LogP contribution is -2.44. The molecule has 2 aliphatic heterocycles. The molecule has 2 N–H and O–H groups in total. The largest absolute Gasteiger partial charge is 0.390 e. The number of nitrogens with one attached hydrogen (secondary N) is 1. The van der Waals surface area contributed by atoms with Gasteiger partial charge in [0.1, 0.15) is 0 Å². The third-order valence-corrected chi connectivity index (χ3v) is 4.45. The predicted octanol–water partition coefficient (Wildman–Crippen LogP) is 0.849. The van der Waals surface area contributed by atoms with Gasteiger partial charge in [0, 0.05) is 31.7 Å². The van der Waals surface area contributed by atoms with Gasteiger partial charge in [0.25, 0.3) is 0 Å². The second-order valence-electron chi connectivity index (χ2n) is 6.46. The van der Waals surface area contributed by atoms with Crippen LogP contribution in [-0.2, 0) is 4.74 Å². The Morgan fingerprint density at radius 1 is 1.28 bits per heavy atom. The number of hydrogen-bond donors (Lipinski definition) is 2. The van der Waals surface area contributed by atoms with Crippen LogP contribution in [0.5, 0.6) is 0 Å². The average Bonchev–Trinajstić information content (AvgIpc) is 2.68. The van der Waals surface area contributed by atoms with Gasteiger partial charge >= 0.3 is 0 Å². The fourth-order valence-corrected chi connectivity index (χ4v) is 3.30. The lowest BCUT2D eigenvalue weighted by molar-refractivity contribution is 0.0421. The van der Waals surface area contributed by atoms with E-state index in [-0.39, 0.29) is 5.41 Å². The molecule has 2 saturated heterocycles. The first-order valence-corrected chi connectivity index (χ1v) is 7.22. The van der Waals surface area contributed by atoms with Crippen molar-refractivity contribution < 1.29 is 9.84 Å². The van der Waals surface area contributed by atoms with Crippen LogP contribution in [-0.4, -0.2) is 62.0 Å². The highest BCUT2D eigenvalue weighted by molar-refractivity contribution is 4.90. The van der Waals surface area contributed by atoms with Gasteiger partial charge in [-0.3, -0.25) is 0 Å². The molecule has 4 heteroatoms. The highest BCUT2D eigenvalue weighted by atomic mass is 16.5. The molecule has 0 aromatic rings. The topological polar surface area (TPSA) is 44.7 Å². The van der Waals surface area contributed by atoms with E-state index in [9.17, 15) is 5.11 Å². The zero-order valence-corrected chi connectivity index (χ0v) is 11.9. The number of rotatable bonds is 4. The van der Waals surface area contributed by atoms with Crippen molar-refractivity contribution in [2.75, 3.05) is 46.4 Å². The van der Waals surface area contributed by atoms with Crippen molar-refractivity contribution in [2.45, 2.75) is 38.2 Å². The lowest BCUT2D eigenvalue weighted by Gasteiger charge is -2.34. The van der Waals surface area contributed by atoms with Gasteiger partial charge in [-0.2, -0.15) is 0 Å². The highest BCUT2D eigenvalue weighted by Gasteiger charge is 2.37. The van der Waals surface area contributed by atoms with Crippen LogP contribution in [0.15, 0.2) is 0 Å². The van der Waals surface area contributed by atoms with Crippen molar-refractivity contribution in [3.63, 3.8) is 0 Å².